The largest absolute Gasteiger partial charge is 0.438 e. The van der Waals surface area contributed by atoms with Gasteiger partial charge in [0, 0.05) is 29.8 Å². The Morgan fingerprint density at radius 2 is 2.07 bits per heavy atom. The van der Waals surface area contributed by atoms with Gasteiger partial charge in [-0.05, 0) is 49.2 Å². The first-order valence-corrected chi connectivity index (χ1v) is 9.70. The smallest absolute Gasteiger partial charge is 0.257 e. The van der Waals surface area contributed by atoms with Crippen molar-refractivity contribution < 1.29 is 9.53 Å². The molecule has 0 fully saturated rings. The van der Waals surface area contributed by atoms with E-state index in [0.29, 0.717) is 17.9 Å². The number of imidazole rings is 1. The van der Waals surface area contributed by atoms with Gasteiger partial charge in [0.05, 0.1) is 12.2 Å². The summed E-state index contributed by atoms with van der Waals surface area (Å²) in [5.41, 5.74) is 1.27. The number of hydrogen-bond acceptors (Lipinski definition) is 4. The number of carbonyl (C=O) groups excluding carboxylic acids is 1. The van der Waals surface area contributed by atoms with Crippen LogP contribution in [-0.2, 0) is 19.5 Å². The highest BCUT2D eigenvalue weighted by Crippen LogP contribution is 2.24. The van der Waals surface area contributed by atoms with Crippen molar-refractivity contribution in [3.05, 3.63) is 70.3 Å². The van der Waals surface area contributed by atoms with Gasteiger partial charge in [0.2, 0.25) is 5.88 Å². The van der Waals surface area contributed by atoms with Crippen molar-refractivity contribution in [1.29, 1.82) is 0 Å². The maximum absolute atomic E-state index is 12.7. The molecule has 1 aliphatic rings. The summed E-state index contributed by atoms with van der Waals surface area (Å²) in [4.78, 5) is 21.5. The lowest BCUT2D eigenvalue weighted by Crippen LogP contribution is -2.23. The number of aromatic nitrogens is 3. The summed E-state index contributed by atoms with van der Waals surface area (Å²) in [6, 6.07) is 10.8. The molecule has 0 radical (unpaired) electrons. The molecule has 0 unspecified atom stereocenters. The van der Waals surface area contributed by atoms with Crippen molar-refractivity contribution in [3.63, 3.8) is 0 Å². The van der Waals surface area contributed by atoms with E-state index in [0.717, 1.165) is 29.0 Å². The van der Waals surface area contributed by atoms with E-state index in [9.17, 15) is 4.79 Å². The molecule has 3 aromatic rings. The molecule has 0 saturated heterocycles. The van der Waals surface area contributed by atoms with Crippen LogP contribution in [0.15, 0.2) is 53.3 Å². The topological polar surface area (TPSA) is 69.0 Å². The molecule has 2 aromatic heterocycles. The van der Waals surface area contributed by atoms with Crippen LogP contribution in [0.5, 0.6) is 11.6 Å². The van der Waals surface area contributed by atoms with Crippen LogP contribution < -0.4 is 10.1 Å². The first kappa shape index (κ1) is 17.7. The van der Waals surface area contributed by atoms with E-state index >= 15 is 0 Å². The number of ether oxygens (including phenoxy) is 1. The molecule has 0 aliphatic carbocycles. The van der Waals surface area contributed by atoms with E-state index in [1.54, 1.807) is 18.3 Å². The Hall–Kier alpha value is -2.67. The van der Waals surface area contributed by atoms with Gasteiger partial charge in [0.1, 0.15) is 17.1 Å². The van der Waals surface area contributed by atoms with E-state index in [1.807, 2.05) is 30.5 Å². The fourth-order valence-electron chi connectivity index (χ4n) is 3.08. The second-order valence-corrected chi connectivity index (χ2v) is 7.31. The SMILES string of the molecule is O=C(NCc1cn2c(n1)CCCC2)c1cccnc1Oc1ccc(Br)cc1. The predicted molar refractivity (Wildman–Crippen MR) is 105 cm³/mol. The highest BCUT2D eigenvalue weighted by molar-refractivity contribution is 9.10. The molecule has 6 nitrogen and oxygen atoms in total. The van der Waals surface area contributed by atoms with Crippen molar-refractivity contribution in [3.8, 4) is 11.6 Å². The number of benzene rings is 1. The Labute approximate surface area is 165 Å². The van der Waals surface area contributed by atoms with Crippen LogP contribution in [0.25, 0.3) is 0 Å². The molecule has 4 rings (SSSR count). The maximum Gasteiger partial charge on any atom is 0.257 e. The number of rotatable bonds is 5. The van der Waals surface area contributed by atoms with Crippen molar-refractivity contribution in [2.24, 2.45) is 0 Å². The highest BCUT2D eigenvalue weighted by Gasteiger charge is 2.16. The van der Waals surface area contributed by atoms with E-state index in [2.05, 4.69) is 35.8 Å². The number of amides is 1. The monoisotopic (exact) mass is 426 g/mol. The second-order valence-electron chi connectivity index (χ2n) is 6.39. The standard InChI is InChI=1S/C20H19BrN4O2/c21-14-6-8-16(9-7-14)27-20-17(4-3-10-22-20)19(26)23-12-15-13-25-11-2-1-5-18(25)24-15/h3-4,6-10,13H,1-2,5,11-12H2,(H,23,26). The molecule has 1 aliphatic heterocycles. The van der Waals surface area contributed by atoms with Crippen LogP contribution >= 0.6 is 15.9 Å². The lowest BCUT2D eigenvalue weighted by atomic mass is 10.2. The maximum atomic E-state index is 12.7. The fourth-order valence-corrected chi connectivity index (χ4v) is 3.35. The minimum atomic E-state index is -0.235. The fraction of sp³-hybridized carbons (Fsp3) is 0.250. The highest BCUT2D eigenvalue weighted by atomic mass is 79.9. The Bertz CT molecular complexity index is 929. The van der Waals surface area contributed by atoms with Gasteiger partial charge in [-0.25, -0.2) is 9.97 Å². The predicted octanol–water partition coefficient (Wildman–Crippen LogP) is 4.10. The first-order valence-electron chi connectivity index (χ1n) is 8.90. The zero-order valence-corrected chi connectivity index (χ0v) is 16.3. The molecular formula is C20H19BrN4O2. The normalized spacial score (nSPS) is 13.1. The van der Waals surface area contributed by atoms with E-state index in [1.165, 1.54) is 12.8 Å². The van der Waals surface area contributed by atoms with E-state index in [4.69, 9.17) is 4.74 Å². The molecule has 0 saturated carbocycles. The van der Waals surface area contributed by atoms with Crippen molar-refractivity contribution >= 4 is 21.8 Å². The molecule has 0 bridgehead atoms. The molecule has 0 spiro atoms. The molecule has 3 heterocycles. The summed E-state index contributed by atoms with van der Waals surface area (Å²) in [5, 5.41) is 2.92. The van der Waals surface area contributed by atoms with Gasteiger partial charge in [-0.1, -0.05) is 15.9 Å². The van der Waals surface area contributed by atoms with Gasteiger partial charge in [-0.3, -0.25) is 4.79 Å². The second kappa shape index (κ2) is 7.92. The molecule has 138 valence electrons. The third-order valence-corrected chi connectivity index (χ3v) is 4.96. The van der Waals surface area contributed by atoms with Gasteiger partial charge >= 0.3 is 0 Å². The molecular weight excluding hydrogens is 408 g/mol. The van der Waals surface area contributed by atoms with Gasteiger partial charge in [-0.15, -0.1) is 0 Å². The Morgan fingerprint density at radius 1 is 1.22 bits per heavy atom. The lowest BCUT2D eigenvalue weighted by molar-refractivity contribution is 0.0947. The Morgan fingerprint density at radius 3 is 2.89 bits per heavy atom. The van der Waals surface area contributed by atoms with E-state index in [-0.39, 0.29) is 11.8 Å². The van der Waals surface area contributed by atoms with Gasteiger partial charge in [0.15, 0.2) is 0 Å². The lowest BCUT2D eigenvalue weighted by Gasteiger charge is -2.11. The summed E-state index contributed by atoms with van der Waals surface area (Å²) >= 11 is 3.39. The zero-order valence-electron chi connectivity index (χ0n) is 14.7. The van der Waals surface area contributed by atoms with Crippen LogP contribution in [0.4, 0.5) is 0 Å². The van der Waals surface area contributed by atoms with Crippen molar-refractivity contribution in [1.82, 2.24) is 19.9 Å². The summed E-state index contributed by atoms with van der Waals surface area (Å²) in [6.07, 6.45) is 6.99. The molecule has 27 heavy (non-hydrogen) atoms. The van der Waals surface area contributed by atoms with Gasteiger partial charge < -0.3 is 14.6 Å². The van der Waals surface area contributed by atoms with Crippen LogP contribution in [0.3, 0.4) is 0 Å². The van der Waals surface area contributed by atoms with Crippen LogP contribution in [0.1, 0.15) is 34.7 Å². The Balaban J connectivity index is 1.45. The number of fused-ring (bicyclic) bond motifs is 1. The number of carbonyl (C=O) groups is 1. The molecule has 1 N–H and O–H groups in total. The minimum Gasteiger partial charge on any atom is -0.438 e. The number of nitrogens with one attached hydrogen (secondary N) is 1. The summed E-state index contributed by atoms with van der Waals surface area (Å²) in [7, 11) is 0. The number of nitrogens with zero attached hydrogens (tertiary/aromatic N) is 3. The Kier molecular flexibility index (Phi) is 5.20. The quantitative estimate of drug-likeness (QED) is 0.666. The van der Waals surface area contributed by atoms with Gasteiger partial charge in [0.25, 0.3) is 5.91 Å². The number of halogens is 1. The number of pyridine rings is 1. The van der Waals surface area contributed by atoms with E-state index < -0.39 is 0 Å². The van der Waals surface area contributed by atoms with Crippen LogP contribution in [-0.4, -0.2) is 20.4 Å². The molecule has 1 amide bonds. The minimum absolute atomic E-state index is 0.235. The average molecular weight is 427 g/mol. The molecule has 1 aromatic carbocycles. The third kappa shape index (κ3) is 4.19. The average Bonchev–Trinajstić information content (AvgIpc) is 3.11. The molecule has 0 atom stereocenters. The van der Waals surface area contributed by atoms with Gasteiger partial charge in [-0.2, -0.15) is 0 Å². The van der Waals surface area contributed by atoms with Crippen LogP contribution in [0, 0.1) is 0 Å². The summed E-state index contributed by atoms with van der Waals surface area (Å²) in [6.45, 7) is 1.38. The number of hydrogen-bond donors (Lipinski definition) is 1. The number of aryl methyl sites for hydroxylation is 2. The molecule has 7 heteroatoms. The van der Waals surface area contributed by atoms with Crippen molar-refractivity contribution in [2.75, 3.05) is 0 Å². The van der Waals surface area contributed by atoms with Crippen molar-refractivity contribution in [2.45, 2.75) is 32.4 Å². The van der Waals surface area contributed by atoms with Crippen LogP contribution in [0.2, 0.25) is 0 Å². The summed E-state index contributed by atoms with van der Waals surface area (Å²) < 4.78 is 8.92. The zero-order chi connectivity index (χ0) is 18.6. The third-order valence-electron chi connectivity index (χ3n) is 4.43. The first-order chi connectivity index (χ1) is 13.2. The summed E-state index contributed by atoms with van der Waals surface area (Å²) in [5.74, 6) is 1.77.